The van der Waals surface area contributed by atoms with Crippen LogP contribution in [0.25, 0.3) is 0 Å². The molecule has 0 fully saturated rings. The van der Waals surface area contributed by atoms with Gasteiger partial charge in [0.15, 0.2) is 0 Å². The van der Waals surface area contributed by atoms with Crippen LogP contribution in [0.2, 0.25) is 0 Å². The smallest absolute Gasteiger partial charge is 0.274 e. The van der Waals surface area contributed by atoms with Crippen molar-refractivity contribution in [2.24, 2.45) is 0 Å². The number of carbonyl (C=O) groups excluding carboxylic acids is 1. The predicted molar refractivity (Wildman–Crippen MR) is 109 cm³/mol. The van der Waals surface area contributed by atoms with Gasteiger partial charge in [-0.2, -0.15) is 0 Å². The number of nitrogens with one attached hydrogen (secondary N) is 1. The van der Waals surface area contributed by atoms with Gasteiger partial charge in [0, 0.05) is 25.3 Å². The molecule has 138 valence electrons. The summed E-state index contributed by atoms with van der Waals surface area (Å²) in [6.07, 6.45) is 2.29. The summed E-state index contributed by atoms with van der Waals surface area (Å²) in [4.78, 5) is 23.2. The van der Waals surface area contributed by atoms with E-state index in [2.05, 4.69) is 34.3 Å². The summed E-state index contributed by atoms with van der Waals surface area (Å²) in [5.41, 5.74) is 4.54. The van der Waals surface area contributed by atoms with Crippen LogP contribution in [0.3, 0.4) is 0 Å². The Morgan fingerprint density at radius 1 is 1.07 bits per heavy atom. The largest absolute Gasteiger partial charge is 0.355 e. The lowest BCUT2D eigenvalue weighted by molar-refractivity contribution is 0.102. The molecule has 0 radical (unpaired) electrons. The molecule has 3 rings (SSSR count). The highest BCUT2D eigenvalue weighted by molar-refractivity contribution is 6.04. The average Bonchev–Trinajstić information content (AvgIpc) is 2.70. The molecule has 0 saturated carbocycles. The summed E-state index contributed by atoms with van der Waals surface area (Å²) in [6.45, 7) is 4.77. The van der Waals surface area contributed by atoms with Crippen molar-refractivity contribution >= 4 is 17.4 Å². The van der Waals surface area contributed by atoms with E-state index in [4.69, 9.17) is 0 Å². The Hall–Kier alpha value is -3.21. The second-order valence-electron chi connectivity index (χ2n) is 6.52. The minimum absolute atomic E-state index is 0.226. The Balaban J connectivity index is 1.78. The van der Waals surface area contributed by atoms with Gasteiger partial charge in [0.05, 0.1) is 0 Å². The van der Waals surface area contributed by atoms with Crippen LogP contribution in [0, 0.1) is 6.92 Å². The number of rotatable bonds is 6. The molecule has 1 N–H and O–H groups in total. The Bertz CT molecular complexity index is 925. The molecular formula is C22H24N4O. The Kier molecular flexibility index (Phi) is 5.81. The fraction of sp³-hybridized carbons (Fsp3) is 0.227. The van der Waals surface area contributed by atoms with Crippen molar-refractivity contribution in [1.29, 1.82) is 0 Å². The van der Waals surface area contributed by atoms with Gasteiger partial charge in [-0.3, -0.25) is 4.79 Å². The number of benzene rings is 2. The zero-order valence-corrected chi connectivity index (χ0v) is 15.9. The first-order valence-corrected chi connectivity index (χ1v) is 9.05. The number of anilines is 2. The fourth-order valence-electron chi connectivity index (χ4n) is 3.00. The number of carbonyl (C=O) groups is 1. The number of para-hydroxylation sites is 1. The van der Waals surface area contributed by atoms with Crippen LogP contribution in [0.5, 0.6) is 0 Å². The van der Waals surface area contributed by atoms with Crippen LogP contribution < -0.4 is 10.2 Å². The van der Waals surface area contributed by atoms with Crippen molar-refractivity contribution in [2.75, 3.05) is 17.3 Å². The first-order valence-electron chi connectivity index (χ1n) is 9.05. The fourth-order valence-corrected chi connectivity index (χ4v) is 3.00. The van der Waals surface area contributed by atoms with Crippen molar-refractivity contribution in [3.05, 3.63) is 83.3 Å². The molecule has 1 aromatic heterocycles. The third-order valence-corrected chi connectivity index (χ3v) is 4.52. The van der Waals surface area contributed by atoms with Crippen LogP contribution in [0.1, 0.15) is 34.1 Å². The normalized spacial score (nSPS) is 10.5. The number of nitrogens with zero attached hydrogens (tertiary/aromatic N) is 3. The van der Waals surface area contributed by atoms with Gasteiger partial charge in [0.2, 0.25) is 0 Å². The van der Waals surface area contributed by atoms with Crippen LogP contribution in [-0.2, 0) is 13.0 Å². The molecule has 5 nitrogen and oxygen atoms in total. The van der Waals surface area contributed by atoms with Crippen molar-refractivity contribution in [2.45, 2.75) is 26.8 Å². The van der Waals surface area contributed by atoms with Crippen molar-refractivity contribution in [3.8, 4) is 0 Å². The van der Waals surface area contributed by atoms with Gasteiger partial charge < -0.3 is 10.2 Å². The van der Waals surface area contributed by atoms with Crippen LogP contribution in [0.4, 0.5) is 11.5 Å². The highest BCUT2D eigenvalue weighted by Crippen LogP contribution is 2.22. The van der Waals surface area contributed by atoms with Gasteiger partial charge in [-0.05, 0) is 30.0 Å². The molecule has 0 aliphatic rings. The van der Waals surface area contributed by atoms with E-state index in [1.54, 1.807) is 6.07 Å². The lowest BCUT2D eigenvalue weighted by atomic mass is 10.1. The molecule has 1 amide bonds. The van der Waals surface area contributed by atoms with E-state index >= 15 is 0 Å². The van der Waals surface area contributed by atoms with Gasteiger partial charge in [-0.15, -0.1) is 0 Å². The first kappa shape index (κ1) is 18.6. The summed E-state index contributed by atoms with van der Waals surface area (Å²) in [5.74, 6) is 0.482. The molecule has 3 aromatic rings. The number of amides is 1. The van der Waals surface area contributed by atoms with E-state index < -0.39 is 0 Å². The lowest BCUT2D eigenvalue weighted by Crippen LogP contribution is -2.20. The molecule has 0 saturated heterocycles. The Morgan fingerprint density at radius 2 is 1.85 bits per heavy atom. The average molecular weight is 360 g/mol. The van der Waals surface area contributed by atoms with Crippen molar-refractivity contribution in [3.63, 3.8) is 0 Å². The van der Waals surface area contributed by atoms with Crippen molar-refractivity contribution < 1.29 is 4.79 Å². The zero-order valence-electron chi connectivity index (χ0n) is 15.9. The van der Waals surface area contributed by atoms with E-state index in [1.807, 2.05) is 55.3 Å². The SMILES string of the molecule is CCc1cccc(C)c1NC(=O)c1cc(N(C)Cc2ccccc2)ncn1. The molecule has 0 bridgehead atoms. The molecule has 0 aliphatic carbocycles. The van der Waals surface area contributed by atoms with Gasteiger partial charge in [0.25, 0.3) is 5.91 Å². The van der Waals surface area contributed by atoms with E-state index in [-0.39, 0.29) is 5.91 Å². The molecule has 0 unspecified atom stereocenters. The summed E-state index contributed by atoms with van der Waals surface area (Å²) < 4.78 is 0. The van der Waals surface area contributed by atoms with Crippen molar-refractivity contribution in [1.82, 2.24) is 9.97 Å². The molecule has 0 aliphatic heterocycles. The molecule has 2 aromatic carbocycles. The maximum atomic E-state index is 12.7. The number of hydrogen-bond acceptors (Lipinski definition) is 4. The third-order valence-electron chi connectivity index (χ3n) is 4.52. The Morgan fingerprint density at radius 3 is 2.59 bits per heavy atom. The van der Waals surface area contributed by atoms with Gasteiger partial charge in [0.1, 0.15) is 17.8 Å². The van der Waals surface area contributed by atoms with Crippen LogP contribution in [-0.4, -0.2) is 22.9 Å². The van der Waals surface area contributed by atoms with Crippen LogP contribution >= 0.6 is 0 Å². The standard InChI is InChI=1S/C22H24N4O/c1-4-18-12-8-9-16(2)21(18)25-22(27)19-13-20(24-15-23-19)26(3)14-17-10-6-5-7-11-17/h5-13,15H,4,14H2,1-3H3,(H,25,27). The number of hydrogen-bond donors (Lipinski definition) is 1. The highest BCUT2D eigenvalue weighted by atomic mass is 16.1. The summed E-state index contributed by atoms with van der Waals surface area (Å²) in [6, 6.07) is 17.9. The Labute approximate surface area is 160 Å². The predicted octanol–water partition coefficient (Wildman–Crippen LogP) is 4.24. The van der Waals surface area contributed by atoms with Gasteiger partial charge in [-0.1, -0.05) is 55.5 Å². The number of aromatic nitrogens is 2. The molecule has 5 heteroatoms. The topological polar surface area (TPSA) is 58.1 Å². The minimum atomic E-state index is -0.226. The highest BCUT2D eigenvalue weighted by Gasteiger charge is 2.14. The monoisotopic (exact) mass is 360 g/mol. The van der Waals surface area contributed by atoms with E-state index in [1.165, 1.54) is 11.9 Å². The van der Waals surface area contributed by atoms with E-state index in [0.29, 0.717) is 18.1 Å². The minimum Gasteiger partial charge on any atom is -0.355 e. The molecule has 0 spiro atoms. The third kappa shape index (κ3) is 4.50. The summed E-state index contributed by atoms with van der Waals surface area (Å²) in [7, 11) is 1.95. The zero-order chi connectivity index (χ0) is 19.2. The summed E-state index contributed by atoms with van der Waals surface area (Å²) >= 11 is 0. The van der Waals surface area contributed by atoms with E-state index in [9.17, 15) is 4.79 Å². The molecule has 27 heavy (non-hydrogen) atoms. The van der Waals surface area contributed by atoms with Crippen LogP contribution in [0.15, 0.2) is 60.9 Å². The molecular weight excluding hydrogens is 336 g/mol. The molecule has 1 heterocycles. The van der Waals surface area contributed by atoms with Gasteiger partial charge in [-0.25, -0.2) is 9.97 Å². The van der Waals surface area contributed by atoms with Gasteiger partial charge >= 0.3 is 0 Å². The number of aryl methyl sites for hydroxylation is 2. The molecule has 0 atom stereocenters. The maximum Gasteiger partial charge on any atom is 0.274 e. The summed E-state index contributed by atoms with van der Waals surface area (Å²) in [5, 5.41) is 3.01. The second kappa shape index (κ2) is 8.45. The van der Waals surface area contributed by atoms with E-state index in [0.717, 1.165) is 23.2 Å². The second-order valence-corrected chi connectivity index (χ2v) is 6.52. The first-order chi connectivity index (χ1) is 13.1. The quantitative estimate of drug-likeness (QED) is 0.714. The lowest BCUT2D eigenvalue weighted by Gasteiger charge is -2.18. The maximum absolute atomic E-state index is 12.7.